The number of rotatable bonds is 43. The first-order valence-corrected chi connectivity index (χ1v) is 26.2. The van der Waals surface area contributed by atoms with Crippen molar-refractivity contribution in [3.63, 3.8) is 0 Å². The first-order chi connectivity index (χ1) is 31.1. The van der Waals surface area contributed by atoms with Gasteiger partial charge in [-0.3, -0.25) is 19.2 Å². The van der Waals surface area contributed by atoms with Crippen molar-refractivity contribution in [2.45, 2.75) is 233 Å². The second kappa shape index (κ2) is 44.6. The van der Waals surface area contributed by atoms with Gasteiger partial charge in [0.15, 0.2) is 26.7 Å². The van der Waals surface area contributed by atoms with Crippen molar-refractivity contribution in [3.8, 4) is 0 Å². The molecular weight excluding hydrogens is 849 g/mol. The van der Waals surface area contributed by atoms with E-state index in [0.29, 0.717) is 35.1 Å². The summed E-state index contributed by atoms with van der Waals surface area (Å²) in [6, 6.07) is 0. The largest absolute Gasteiger partial charge is 1.00 e. The summed E-state index contributed by atoms with van der Waals surface area (Å²) in [5, 5.41) is 4.00. The van der Waals surface area contributed by atoms with Crippen LogP contribution in [-0.4, -0.2) is 61.9 Å². The number of allylic oxidation sites excluding steroid dienone is 8. The van der Waals surface area contributed by atoms with Crippen LogP contribution in [0.15, 0.2) is 46.6 Å². The second-order valence-corrected chi connectivity index (χ2v) is 18.2. The molecule has 1 amide bonds. The number of hydrogen-bond acceptors (Lipinski definition) is 9. The number of ketones is 2. The molecular formula is C53H89NNaO9P. The number of carbonyl (C=O) groups is 5. The number of hydrogen-bond donors (Lipinski definition) is 0. The maximum Gasteiger partial charge on any atom is 1.00 e. The average Bonchev–Trinajstić information content (AvgIpc) is 3.28. The molecule has 0 saturated heterocycles. The Balaban J connectivity index is 0.0000410. The van der Waals surface area contributed by atoms with Crippen molar-refractivity contribution in [2.75, 3.05) is 26.4 Å². The van der Waals surface area contributed by atoms with Crippen LogP contribution in [0.3, 0.4) is 0 Å². The molecule has 0 radical (unpaired) electrons. The normalized spacial score (nSPS) is 13.7. The fraction of sp³-hybridized carbons (Fsp3) is 0.755. The standard InChI is InChI=1S/C53H90NO9P.Na/c1-6-8-10-12-14-16-18-20-22-24-26-28-30-32-34-36-50(56)60-42-47(63-51(57)37-35-33-31-29-27-25-23-21-19-17-15-13-11-9-7-2)43-62-64-61-41-40-54-49(55)39-38-48-46(5)52(58)44(3)45(4)53(48)59;/h20-23,47,64H,6-19,24-43H2,1-5H3,(H,54,55);/q;+1/p-1/b22-20+,23-21+;/t47-;/m1./s1. The Kier molecular flexibility index (Phi) is 43.2. The number of amides is 1. The fourth-order valence-corrected chi connectivity index (χ4v) is 8.00. The van der Waals surface area contributed by atoms with Crippen molar-refractivity contribution in [1.82, 2.24) is 0 Å². The number of nitrogens with zero attached hydrogens (tertiary/aromatic N) is 1. The zero-order chi connectivity index (χ0) is 46.9. The summed E-state index contributed by atoms with van der Waals surface area (Å²) in [5.74, 6) is -1.38. The van der Waals surface area contributed by atoms with Crippen molar-refractivity contribution in [3.05, 3.63) is 51.9 Å². The monoisotopic (exact) mass is 938 g/mol. The fourth-order valence-electron chi connectivity index (χ4n) is 7.49. The molecule has 0 N–H and O–H groups in total. The number of carbonyl (C=O) groups excluding carboxylic acids is 5. The molecule has 366 valence electrons. The Bertz CT molecular complexity index is 1430. The SMILES string of the molecule is CCCCCCCC/C=C/CCCCCCCC(=O)OC[C@H](COPOCC[N-]C(=O)CCC1=C(C)C(=O)C(C)=C(C)C1=O)OC(=O)CCCCCCC/C=C/CCCCCCCC.[Na+]. The number of esters is 2. The van der Waals surface area contributed by atoms with Gasteiger partial charge in [-0.25, -0.2) is 0 Å². The van der Waals surface area contributed by atoms with Crippen LogP contribution in [0.4, 0.5) is 0 Å². The van der Waals surface area contributed by atoms with E-state index < -0.39 is 15.1 Å². The molecule has 1 unspecified atom stereocenters. The quantitative estimate of drug-likeness (QED) is 0.0146. The van der Waals surface area contributed by atoms with Crippen LogP contribution in [0.5, 0.6) is 0 Å². The van der Waals surface area contributed by atoms with Crippen LogP contribution in [-0.2, 0) is 42.5 Å². The number of ether oxygens (including phenoxy) is 2. The molecule has 2 atom stereocenters. The van der Waals surface area contributed by atoms with Crippen molar-refractivity contribution < 1.29 is 72.1 Å². The molecule has 0 aliphatic heterocycles. The summed E-state index contributed by atoms with van der Waals surface area (Å²) in [7, 11) is -0.396. The third-order valence-electron chi connectivity index (χ3n) is 11.8. The van der Waals surface area contributed by atoms with Crippen LogP contribution in [0, 0.1) is 0 Å². The van der Waals surface area contributed by atoms with E-state index in [1.165, 1.54) is 96.3 Å². The molecule has 12 heteroatoms. The maximum absolute atomic E-state index is 12.8. The van der Waals surface area contributed by atoms with Crippen LogP contribution in [0.25, 0.3) is 5.32 Å². The molecule has 0 saturated carbocycles. The van der Waals surface area contributed by atoms with Gasteiger partial charge in [0, 0.05) is 41.7 Å². The van der Waals surface area contributed by atoms with E-state index in [1.54, 1.807) is 20.8 Å². The van der Waals surface area contributed by atoms with Gasteiger partial charge in [-0.2, -0.15) is 0 Å². The molecule has 1 aliphatic carbocycles. The van der Waals surface area contributed by atoms with Gasteiger partial charge in [-0.15, -0.1) is 6.54 Å². The Labute approximate surface area is 419 Å². The van der Waals surface area contributed by atoms with Gasteiger partial charge in [0.25, 0.3) is 0 Å². The van der Waals surface area contributed by atoms with Gasteiger partial charge in [0.2, 0.25) is 0 Å². The van der Waals surface area contributed by atoms with E-state index in [2.05, 4.69) is 43.5 Å². The minimum Gasteiger partial charge on any atom is -0.652 e. The minimum atomic E-state index is -0.759. The van der Waals surface area contributed by atoms with Crippen molar-refractivity contribution in [2.24, 2.45) is 0 Å². The molecule has 0 aromatic heterocycles. The summed E-state index contributed by atoms with van der Waals surface area (Å²) < 4.78 is 22.4. The number of Topliss-reactive ketones (excluding diaryl/α,β-unsaturated/α-hetero) is 2. The van der Waals surface area contributed by atoms with Crippen molar-refractivity contribution >= 4 is 38.4 Å². The Morgan fingerprint density at radius 2 is 0.985 bits per heavy atom. The molecule has 0 aromatic carbocycles. The van der Waals surface area contributed by atoms with Crippen LogP contribution in [0.1, 0.15) is 227 Å². The Morgan fingerprint density at radius 3 is 1.49 bits per heavy atom. The summed E-state index contributed by atoms with van der Waals surface area (Å²) >= 11 is 0. The van der Waals surface area contributed by atoms with Gasteiger partial charge in [-0.1, -0.05) is 141 Å². The Hall–Kier alpha value is -1.94. The maximum atomic E-state index is 12.8. The summed E-state index contributed by atoms with van der Waals surface area (Å²) in [5.41, 5.74) is 1.64. The van der Waals surface area contributed by atoms with Crippen LogP contribution < -0.4 is 29.6 Å². The predicted molar refractivity (Wildman–Crippen MR) is 264 cm³/mol. The van der Waals surface area contributed by atoms with Crippen molar-refractivity contribution in [1.29, 1.82) is 0 Å². The smallest absolute Gasteiger partial charge is 0.652 e. The molecule has 1 aliphatic rings. The van der Waals surface area contributed by atoms with Gasteiger partial charge in [0.1, 0.15) is 6.61 Å². The van der Waals surface area contributed by atoms with E-state index in [4.69, 9.17) is 18.5 Å². The zero-order valence-corrected chi connectivity index (χ0v) is 45.0. The molecule has 0 spiro atoms. The summed E-state index contributed by atoms with van der Waals surface area (Å²) in [4.78, 5) is 62.8. The average molecular weight is 938 g/mol. The van der Waals surface area contributed by atoms with Gasteiger partial charge in [-0.05, 0) is 97.8 Å². The molecule has 65 heavy (non-hydrogen) atoms. The first-order valence-electron chi connectivity index (χ1n) is 25.4. The third kappa shape index (κ3) is 34.9. The minimum absolute atomic E-state index is 0. The first kappa shape index (κ1) is 63.1. The Morgan fingerprint density at radius 1 is 0.538 bits per heavy atom. The van der Waals surface area contributed by atoms with Gasteiger partial charge >= 0.3 is 41.5 Å². The molecule has 0 aromatic rings. The molecule has 0 heterocycles. The predicted octanol–water partition coefficient (Wildman–Crippen LogP) is 11.5. The summed E-state index contributed by atoms with van der Waals surface area (Å²) in [6.45, 7) is 9.56. The van der Waals surface area contributed by atoms with E-state index >= 15 is 0 Å². The van der Waals surface area contributed by atoms with E-state index in [9.17, 15) is 24.0 Å². The zero-order valence-electron chi connectivity index (χ0n) is 42.0. The van der Waals surface area contributed by atoms with E-state index in [-0.39, 0.29) is 98.2 Å². The second-order valence-electron chi connectivity index (χ2n) is 17.5. The topological polar surface area (TPSA) is 136 Å². The molecule has 10 nitrogen and oxygen atoms in total. The van der Waals surface area contributed by atoms with Crippen LogP contribution in [0.2, 0.25) is 0 Å². The van der Waals surface area contributed by atoms with E-state index in [1.807, 2.05) is 0 Å². The van der Waals surface area contributed by atoms with Gasteiger partial charge in [0.05, 0.1) is 12.5 Å². The molecule has 0 bridgehead atoms. The van der Waals surface area contributed by atoms with E-state index in [0.717, 1.165) is 70.6 Å². The van der Waals surface area contributed by atoms with Gasteiger partial charge < -0.3 is 28.6 Å². The third-order valence-corrected chi connectivity index (χ3v) is 12.4. The number of unbranched alkanes of at least 4 members (excludes halogenated alkanes) is 22. The van der Waals surface area contributed by atoms with Crippen LogP contribution >= 0.6 is 9.03 Å². The summed E-state index contributed by atoms with van der Waals surface area (Å²) in [6.07, 6.45) is 40.1. The molecule has 0 fully saturated rings. The molecule has 1 rings (SSSR count).